The van der Waals surface area contributed by atoms with Gasteiger partial charge >= 0.3 is 11.9 Å². The number of allylic oxidation sites excluding steroid dienone is 12. The van der Waals surface area contributed by atoms with Crippen molar-refractivity contribution in [3.63, 3.8) is 0 Å². The highest BCUT2D eigenvalue weighted by molar-refractivity contribution is 5.70. The molecule has 0 aliphatic carbocycles. The molecular weight excluding hydrogens is 1080 g/mol. The van der Waals surface area contributed by atoms with Gasteiger partial charge in [-0.05, 0) is 64.2 Å². The van der Waals surface area contributed by atoms with E-state index < -0.39 is 6.10 Å². The van der Waals surface area contributed by atoms with E-state index in [1.807, 2.05) is 0 Å². The zero-order valence-electron chi connectivity index (χ0n) is 59.3. The highest BCUT2D eigenvalue weighted by Gasteiger charge is 2.16. The molecular formula is C83H152O5. The number of rotatable bonds is 74. The number of ether oxygens (including phenoxy) is 2. The van der Waals surface area contributed by atoms with Gasteiger partial charge in [0.05, 0.1) is 6.61 Å². The highest BCUT2D eigenvalue weighted by atomic mass is 16.6. The van der Waals surface area contributed by atoms with Crippen molar-refractivity contribution in [2.75, 3.05) is 13.2 Å². The lowest BCUT2D eigenvalue weighted by atomic mass is 10.0. The first-order chi connectivity index (χ1) is 43.6. The van der Waals surface area contributed by atoms with Gasteiger partial charge in [-0.1, -0.05) is 421 Å². The van der Waals surface area contributed by atoms with Crippen molar-refractivity contribution in [1.29, 1.82) is 0 Å². The first kappa shape index (κ1) is 85.3. The summed E-state index contributed by atoms with van der Waals surface area (Å²) in [5.41, 5.74) is 0. The molecule has 0 aromatic heterocycles. The van der Waals surface area contributed by atoms with Crippen molar-refractivity contribution in [2.45, 2.75) is 431 Å². The lowest BCUT2D eigenvalue weighted by molar-refractivity contribution is -0.161. The number of aliphatic hydroxyl groups is 1. The van der Waals surface area contributed by atoms with Crippen molar-refractivity contribution >= 4 is 11.9 Å². The minimum atomic E-state index is -0.775. The van der Waals surface area contributed by atoms with Crippen LogP contribution in [-0.2, 0) is 19.1 Å². The maximum atomic E-state index is 12.4. The first-order valence-corrected chi connectivity index (χ1v) is 39.5. The Hall–Kier alpha value is -2.66. The molecule has 0 bridgehead atoms. The number of aliphatic hydroxyl groups excluding tert-OH is 1. The molecule has 0 aromatic rings. The van der Waals surface area contributed by atoms with E-state index in [9.17, 15) is 14.7 Å². The number of carbonyl (C=O) groups excluding carboxylic acids is 2. The molecule has 0 aliphatic rings. The maximum Gasteiger partial charge on any atom is 0.306 e. The maximum absolute atomic E-state index is 12.4. The molecule has 0 amide bonds. The zero-order chi connectivity index (χ0) is 63.3. The van der Waals surface area contributed by atoms with Crippen LogP contribution in [0, 0.1) is 0 Å². The van der Waals surface area contributed by atoms with Gasteiger partial charge in [0.1, 0.15) is 6.61 Å². The molecule has 0 rings (SSSR count). The number of hydrogen-bond acceptors (Lipinski definition) is 5. The Bertz CT molecular complexity index is 1540. The lowest BCUT2D eigenvalue weighted by Crippen LogP contribution is -2.28. The Kier molecular flexibility index (Phi) is 76.2. The second-order valence-corrected chi connectivity index (χ2v) is 26.8. The Morgan fingerprint density at radius 2 is 0.489 bits per heavy atom. The largest absolute Gasteiger partial charge is 0.462 e. The molecule has 1 unspecified atom stereocenters. The second kappa shape index (κ2) is 78.6. The number of carbonyl (C=O) groups is 2. The van der Waals surface area contributed by atoms with Crippen LogP contribution in [0.3, 0.4) is 0 Å². The summed E-state index contributed by atoms with van der Waals surface area (Å²) in [6, 6.07) is 0. The molecule has 0 radical (unpaired) electrons. The van der Waals surface area contributed by atoms with Gasteiger partial charge in [-0.2, -0.15) is 0 Å². The third kappa shape index (κ3) is 75.8. The van der Waals surface area contributed by atoms with Gasteiger partial charge in [-0.25, -0.2) is 0 Å². The molecule has 514 valence electrons. The second-order valence-electron chi connectivity index (χ2n) is 26.8. The predicted molar refractivity (Wildman–Crippen MR) is 390 cm³/mol. The molecule has 0 saturated heterocycles. The highest BCUT2D eigenvalue weighted by Crippen LogP contribution is 2.20. The van der Waals surface area contributed by atoms with Crippen LogP contribution in [0.25, 0.3) is 0 Å². The number of esters is 2. The Morgan fingerprint density at radius 1 is 0.273 bits per heavy atom. The van der Waals surface area contributed by atoms with Crippen molar-refractivity contribution in [3.8, 4) is 0 Å². The Morgan fingerprint density at radius 3 is 0.739 bits per heavy atom. The predicted octanol–water partition coefficient (Wildman–Crippen LogP) is 27.8. The molecule has 1 atom stereocenters. The standard InChI is InChI=1S/C83H152O5/c1-3-5-7-9-11-13-15-17-19-21-23-25-27-29-31-33-35-37-38-39-40-41-42-43-44-46-47-49-51-53-55-57-59-61-63-65-67-69-71-73-75-77-82(85)87-80-81(79-84)88-83(86)78-76-74-72-70-68-66-64-62-60-58-56-54-52-50-48-45-36-34-32-30-28-26-24-22-20-18-16-14-12-10-8-6-4-2/h6,8,12,14,18,20,24,26,30,32,36,45,81,84H,3-5,7,9-11,13,15-17,19,21-23,25,27-29,31,33-35,37-44,46-80H2,1-2H3/b8-6-,14-12-,20-18-,26-24-,32-30-,45-36-. The average Bonchev–Trinajstić information content (AvgIpc) is 3.56. The summed E-state index contributed by atoms with van der Waals surface area (Å²) in [5, 5.41) is 9.72. The van der Waals surface area contributed by atoms with Crippen LogP contribution in [0.15, 0.2) is 72.9 Å². The van der Waals surface area contributed by atoms with E-state index in [2.05, 4.69) is 86.8 Å². The number of unbranched alkanes of at least 4 members (excludes halogenated alkanes) is 54. The first-order valence-electron chi connectivity index (χ1n) is 39.5. The van der Waals surface area contributed by atoms with Gasteiger partial charge in [0.2, 0.25) is 0 Å². The van der Waals surface area contributed by atoms with Crippen molar-refractivity contribution in [2.24, 2.45) is 0 Å². The molecule has 0 spiro atoms. The molecule has 0 aromatic carbocycles. The lowest BCUT2D eigenvalue weighted by Gasteiger charge is -2.15. The van der Waals surface area contributed by atoms with E-state index in [0.717, 1.165) is 77.0 Å². The van der Waals surface area contributed by atoms with Crippen molar-refractivity contribution in [1.82, 2.24) is 0 Å². The van der Waals surface area contributed by atoms with Gasteiger partial charge < -0.3 is 14.6 Å². The summed E-state index contributed by atoms with van der Waals surface area (Å²) in [7, 11) is 0. The molecule has 1 N–H and O–H groups in total. The molecule has 0 heterocycles. The fraction of sp³-hybridized carbons (Fsp3) is 0.831. The SMILES string of the molecule is CC/C=C\C/C=C\C/C=C\C/C=C\C/C=C\C/C=C\CCCCCCCCCCCCCCCCC(=O)OC(CO)COC(=O)CCCCCCCCCCCCCCCCCCCCCCCCCCCCCCCCCCCCCCCCCCC. The van der Waals surface area contributed by atoms with Gasteiger partial charge in [0.25, 0.3) is 0 Å². The van der Waals surface area contributed by atoms with Crippen LogP contribution in [0.4, 0.5) is 0 Å². The molecule has 5 nitrogen and oxygen atoms in total. The van der Waals surface area contributed by atoms with Crippen molar-refractivity contribution in [3.05, 3.63) is 72.9 Å². The summed E-state index contributed by atoms with van der Waals surface area (Å²) in [5.74, 6) is -0.572. The minimum absolute atomic E-state index is 0.0629. The van der Waals surface area contributed by atoms with Gasteiger partial charge in [-0.15, -0.1) is 0 Å². The summed E-state index contributed by atoms with van der Waals surface area (Å²) in [6.07, 6.45) is 110. The van der Waals surface area contributed by atoms with E-state index in [0.29, 0.717) is 12.8 Å². The van der Waals surface area contributed by atoms with Crippen LogP contribution in [0.1, 0.15) is 425 Å². The van der Waals surface area contributed by atoms with Crippen LogP contribution in [-0.4, -0.2) is 36.4 Å². The smallest absolute Gasteiger partial charge is 0.306 e. The van der Waals surface area contributed by atoms with E-state index in [4.69, 9.17) is 9.47 Å². The molecule has 0 aliphatic heterocycles. The summed E-state index contributed by atoms with van der Waals surface area (Å²) >= 11 is 0. The summed E-state index contributed by atoms with van der Waals surface area (Å²) in [6.45, 7) is 4.09. The van der Waals surface area contributed by atoms with Crippen LogP contribution >= 0.6 is 0 Å². The quantitative estimate of drug-likeness (QED) is 0.0373. The van der Waals surface area contributed by atoms with E-state index >= 15 is 0 Å². The fourth-order valence-corrected chi connectivity index (χ4v) is 12.2. The van der Waals surface area contributed by atoms with E-state index in [1.54, 1.807) is 0 Å². The zero-order valence-corrected chi connectivity index (χ0v) is 59.3. The van der Waals surface area contributed by atoms with E-state index in [-0.39, 0.29) is 25.2 Å². The van der Waals surface area contributed by atoms with E-state index in [1.165, 1.54) is 321 Å². The molecule has 0 fully saturated rings. The summed E-state index contributed by atoms with van der Waals surface area (Å²) in [4.78, 5) is 24.7. The Labute approximate surface area is 550 Å². The number of hydrogen-bond donors (Lipinski definition) is 1. The molecule has 5 heteroatoms. The third-order valence-electron chi connectivity index (χ3n) is 18.0. The van der Waals surface area contributed by atoms with Gasteiger partial charge in [-0.3, -0.25) is 9.59 Å². The molecule has 88 heavy (non-hydrogen) atoms. The third-order valence-corrected chi connectivity index (χ3v) is 18.0. The van der Waals surface area contributed by atoms with Gasteiger partial charge in [0, 0.05) is 12.8 Å². The van der Waals surface area contributed by atoms with Crippen molar-refractivity contribution < 1.29 is 24.2 Å². The summed E-state index contributed by atoms with van der Waals surface area (Å²) < 4.78 is 10.8. The van der Waals surface area contributed by atoms with Crippen LogP contribution < -0.4 is 0 Å². The normalized spacial score (nSPS) is 12.5. The topological polar surface area (TPSA) is 72.8 Å². The van der Waals surface area contributed by atoms with Crippen LogP contribution in [0.2, 0.25) is 0 Å². The minimum Gasteiger partial charge on any atom is -0.462 e. The average molecular weight is 1230 g/mol. The van der Waals surface area contributed by atoms with Gasteiger partial charge in [0.15, 0.2) is 6.10 Å². The molecule has 0 saturated carbocycles. The fourth-order valence-electron chi connectivity index (χ4n) is 12.2. The van der Waals surface area contributed by atoms with Crippen LogP contribution in [0.5, 0.6) is 0 Å². The Balaban J connectivity index is 3.38. The monoisotopic (exact) mass is 1230 g/mol.